The standard InChI is InChI=1S/C6H8BNO5S/c8-14(12,13)6-3-4(7(10)11)1-2-5(6)9/h1-3,9-11H,(H2,8,12,13). The molecule has 0 aromatic heterocycles. The molecule has 0 radical (unpaired) electrons. The number of phenols is 1. The second-order valence-electron chi connectivity index (χ2n) is 2.65. The lowest BCUT2D eigenvalue weighted by molar-refractivity contribution is 0.425. The number of phenolic OH excluding ortho intramolecular Hbond substituents is 1. The number of hydrogen-bond donors (Lipinski definition) is 4. The third-order valence-electron chi connectivity index (χ3n) is 1.59. The van der Waals surface area contributed by atoms with Crippen molar-refractivity contribution in [3.63, 3.8) is 0 Å². The van der Waals surface area contributed by atoms with Crippen molar-refractivity contribution in [3.8, 4) is 5.75 Å². The minimum atomic E-state index is -4.06. The fraction of sp³-hybridized carbons (Fsp3) is 0. The lowest BCUT2D eigenvalue weighted by atomic mass is 9.80. The first-order valence-electron chi connectivity index (χ1n) is 3.54. The van der Waals surface area contributed by atoms with E-state index in [0.29, 0.717) is 0 Å². The third-order valence-corrected chi connectivity index (χ3v) is 2.53. The normalized spacial score (nSPS) is 11.4. The van der Waals surface area contributed by atoms with Crippen LogP contribution in [-0.4, -0.2) is 30.7 Å². The molecule has 0 fully saturated rings. The minimum absolute atomic E-state index is 0.0631. The molecule has 0 aliphatic carbocycles. The van der Waals surface area contributed by atoms with E-state index in [9.17, 15) is 8.42 Å². The van der Waals surface area contributed by atoms with Gasteiger partial charge in [0.1, 0.15) is 10.6 Å². The van der Waals surface area contributed by atoms with Crippen molar-refractivity contribution in [2.45, 2.75) is 4.90 Å². The van der Waals surface area contributed by atoms with E-state index in [-0.39, 0.29) is 5.46 Å². The quantitative estimate of drug-likeness (QED) is 0.416. The van der Waals surface area contributed by atoms with Gasteiger partial charge >= 0.3 is 7.12 Å². The molecule has 6 nitrogen and oxygen atoms in total. The molecular weight excluding hydrogens is 209 g/mol. The molecule has 0 heterocycles. The summed E-state index contributed by atoms with van der Waals surface area (Å²) in [5, 5.41) is 31.4. The fourth-order valence-corrected chi connectivity index (χ4v) is 1.58. The summed E-state index contributed by atoms with van der Waals surface area (Å²) in [5.41, 5.74) is -0.0631. The largest absolute Gasteiger partial charge is 0.507 e. The lowest BCUT2D eigenvalue weighted by Crippen LogP contribution is -2.30. The van der Waals surface area contributed by atoms with Crippen molar-refractivity contribution in [2.24, 2.45) is 5.14 Å². The van der Waals surface area contributed by atoms with Gasteiger partial charge in [-0.3, -0.25) is 0 Å². The highest BCUT2D eigenvalue weighted by Gasteiger charge is 2.18. The first-order chi connectivity index (χ1) is 6.32. The minimum Gasteiger partial charge on any atom is -0.507 e. The Labute approximate surface area is 80.8 Å². The molecule has 5 N–H and O–H groups in total. The van der Waals surface area contributed by atoms with Gasteiger partial charge in [0, 0.05) is 0 Å². The highest BCUT2D eigenvalue weighted by molar-refractivity contribution is 7.89. The maximum Gasteiger partial charge on any atom is 0.488 e. The topological polar surface area (TPSA) is 121 Å². The van der Waals surface area contributed by atoms with E-state index >= 15 is 0 Å². The zero-order chi connectivity index (χ0) is 10.9. The Morgan fingerprint density at radius 1 is 1.29 bits per heavy atom. The summed E-state index contributed by atoms with van der Waals surface area (Å²) in [4.78, 5) is -0.539. The van der Waals surface area contributed by atoms with Gasteiger partial charge in [-0.2, -0.15) is 0 Å². The van der Waals surface area contributed by atoms with E-state index in [1.165, 1.54) is 6.07 Å². The SMILES string of the molecule is NS(=O)(=O)c1cc(B(O)O)ccc1O. The zero-order valence-electron chi connectivity index (χ0n) is 6.95. The van der Waals surface area contributed by atoms with Gasteiger partial charge in [0.05, 0.1) is 0 Å². The van der Waals surface area contributed by atoms with Crippen LogP contribution in [0, 0.1) is 0 Å². The summed E-state index contributed by atoms with van der Waals surface area (Å²) in [6.45, 7) is 0. The highest BCUT2D eigenvalue weighted by Crippen LogP contribution is 2.18. The molecular formula is C6H8BNO5S. The maximum atomic E-state index is 10.9. The highest BCUT2D eigenvalue weighted by atomic mass is 32.2. The van der Waals surface area contributed by atoms with E-state index < -0.39 is 27.8 Å². The molecule has 0 aliphatic heterocycles. The summed E-state index contributed by atoms with van der Waals surface area (Å²) in [5.74, 6) is -0.531. The number of hydrogen-bond acceptors (Lipinski definition) is 5. The van der Waals surface area contributed by atoms with Gasteiger partial charge in [-0.05, 0) is 17.6 Å². The van der Waals surface area contributed by atoms with Crippen LogP contribution < -0.4 is 10.6 Å². The molecule has 1 rings (SSSR count). The van der Waals surface area contributed by atoms with Crippen LogP contribution in [-0.2, 0) is 10.0 Å². The molecule has 1 aromatic rings. The van der Waals surface area contributed by atoms with Crippen molar-refractivity contribution in [2.75, 3.05) is 0 Å². The van der Waals surface area contributed by atoms with Crippen LogP contribution in [0.2, 0.25) is 0 Å². The van der Waals surface area contributed by atoms with E-state index in [1.54, 1.807) is 0 Å². The predicted octanol–water partition coefficient (Wildman–Crippen LogP) is -2.28. The molecule has 0 spiro atoms. The van der Waals surface area contributed by atoms with Gasteiger partial charge in [0.25, 0.3) is 0 Å². The van der Waals surface area contributed by atoms with Crippen LogP contribution >= 0.6 is 0 Å². The third kappa shape index (κ3) is 2.23. The van der Waals surface area contributed by atoms with Crippen LogP contribution in [0.25, 0.3) is 0 Å². The van der Waals surface area contributed by atoms with Gasteiger partial charge in [0.2, 0.25) is 10.0 Å². The molecule has 0 saturated carbocycles. The second-order valence-corrected chi connectivity index (χ2v) is 4.18. The van der Waals surface area contributed by atoms with Crippen LogP contribution in [0.15, 0.2) is 23.1 Å². The Kier molecular flexibility index (Phi) is 2.81. The molecule has 1 aromatic carbocycles. The Hall–Kier alpha value is -1.09. The van der Waals surface area contributed by atoms with Gasteiger partial charge in [0.15, 0.2) is 0 Å². The van der Waals surface area contributed by atoms with Gasteiger partial charge in [-0.25, -0.2) is 13.6 Å². The van der Waals surface area contributed by atoms with Crippen LogP contribution in [0.3, 0.4) is 0 Å². The second kappa shape index (κ2) is 3.58. The van der Waals surface area contributed by atoms with Gasteiger partial charge in [-0.1, -0.05) is 6.07 Å². The van der Waals surface area contributed by atoms with Gasteiger partial charge in [-0.15, -0.1) is 0 Å². The first kappa shape index (κ1) is 11.0. The Morgan fingerprint density at radius 2 is 1.86 bits per heavy atom. The van der Waals surface area contributed by atoms with Crippen molar-refractivity contribution < 1.29 is 23.6 Å². The molecule has 76 valence electrons. The Bertz CT molecular complexity index is 444. The fourth-order valence-electron chi connectivity index (χ4n) is 0.919. The van der Waals surface area contributed by atoms with Crippen molar-refractivity contribution in [3.05, 3.63) is 18.2 Å². The number of benzene rings is 1. The van der Waals surface area contributed by atoms with Crippen LogP contribution in [0.4, 0.5) is 0 Å². The van der Waals surface area contributed by atoms with Crippen molar-refractivity contribution in [1.29, 1.82) is 0 Å². The summed E-state index contributed by atoms with van der Waals surface area (Å²) in [6.07, 6.45) is 0. The number of sulfonamides is 1. The van der Waals surface area contributed by atoms with Crippen molar-refractivity contribution in [1.82, 2.24) is 0 Å². The Morgan fingerprint density at radius 3 is 2.29 bits per heavy atom. The van der Waals surface area contributed by atoms with E-state index in [4.69, 9.17) is 20.3 Å². The monoisotopic (exact) mass is 217 g/mol. The molecule has 14 heavy (non-hydrogen) atoms. The zero-order valence-corrected chi connectivity index (χ0v) is 7.77. The summed E-state index contributed by atoms with van der Waals surface area (Å²) in [7, 11) is -5.87. The van der Waals surface area contributed by atoms with Crippen LogP contribution in [0.1, 0.15) is 0 Å². The maximum absolute atomic E-state index is 10.9. The average molecular weight is 217 g/mol. The van der Waals surface area contributed by atoms with Crippen LogP contribution in [0.5, 0.6) is 5.75 Å². The number of nitrogens with two attached hydrogens (primary N) is 1. The number of primary sulfonamides is 1. The molecule has 0 aliphatic rings. The van der Waals surface area contributed by atoms with E-state index in [2.05, 4.69) is 0 Å². The predicted molar refractivity (Wildman–Crippen MR) is 49.3 cm³/mol. The smallest absolute Gasteiger partial charge is 0.488 e. The van der Waals surface area contributed by atoms with E-state index in [0.717, 1.165) is 12.1 Å². The number of rotatable bonds is 2. The molecule has 8 heteroatoms. The summed E-state index contributed by atoms with van der Waals surface area (Å²) < 4.78 is 21.8. The number of aromatic hydroxyl groups is 1. The summed E-state index contributed by atoms with van der Waals surface area (Å²) >= 11 is 0. The molecule has 0 saturated heterocycles. The van der Waals surface area contributed by atoms with Crippen molar-refractivity contribution >= 4 is 22.6 Å². The molecule has 0 bridgehead atoms. The first-order valence-corrected chi connectivity index (χ1v) is 5.09. The Balaban J connectivity index is 3.37. The molecule has 0 unspecified atom stereocenters. The molecule has 0 amide bonds. The molecule has 0 atom stereocenters. The van der Waals surface area contributed by atoms with Gasteiger partial charge < -0.3 is 15.2 Å². The van der Waals surface area contributed by atoms with E-state index in [1.807, 2.05) is 0 Å². The average Bonchev–Trinajstić information content (AvgIpc) is 2.02. The summed E-state index contributed by atoms with van der Waals surface area (Å²) in [6, 6.07) is 3.10. The lowest BCUT2D eigenvalue weighted by Gasteiger charge is -2.04.